The van der Waals surface area contributed by atoms with Crippen LogP contribution >= 0.6 is 0 Å². The minimum Gasteiger partial charge on any atom is -0.504 e. The molecule has 0 aliphatic rings. The van der Waals surface area contributed by atoms with Crippen molar-refractivity contribution in [2.75, 3.05) is 28.3 Å². The average Bonchev–Trinajstić information content (AvgIpc) is 2.67. The summed E-state index contributed by atoms with van der Waals surface area (Å²) in [6, 6.07) is 10.6. The van der Waals surface area contributed by atoms with Crippen LogP contribution in [0.25, 0.3) is 0 Å². The number of aliphatic imine (C=N–C) groups is 2. The molecular formula is C20H24N2O4. The van der Waals surface area contributed by atoms with Gasteiger partial charge in [-0.1, -0.05) is 12.1 Å². The molecular weight excluding hydrogens is 332 g/mol. The van der Waals surface area contributed by atoms with Crippen LogP contribution in [0.4, 0.5) is 0 Å². The topological polar surface area (TPSA) is 83.6 Å². The first-order valence-corrected chi connectivity index (χ1v) is 8.21. The Morgan fingerprint density at radius 3 is 1.46 bits per heavy atom. The summed E-state index contributed by atoms with van der Waals surface area (Å²) in [6.45, 7) is 0. The fourth-order valence-corrected chi connectivity index (χ4v) is 2.81. The molecule has 0 saturated heterocycles. The second kappa shape index (κ2) is 8.89. The minimum atomic E-state index is 0.0646. The molecule has 0 radical (unpaired) electrons. The summed E-state index contributed by atoms with van der Waals surface area (Å²) in [5.74, 6) is 0.932. The Labute approximate surface area is 153 Å². The summed E-state index contributed by atoms with van der Waals surface area (Å²) < 4.78 is 10.3. The van der Waals surface area contributed by atoms with Gasteiger partial charge >= 0.3 is 0 Å². The molecule has 2 aromatic carbocycles. The van der Waals surface area contributed by atoms with Crippen LogP contribution in [0.3, 0.4) is 0 Å². The highest BCUT2D eigenvalue weighted by Gasteiger charge is 2.16. The van der Waals surface area contributed by atoms with Crippen molar-refractivity contribution in [2.45, 2.75) is 12.8 Å². The number of phenols is 2. The number of phenolic OH excluding ortho intramolecular Hbond substituents is 2. The average molecular weight is 356 g/mol. The molecule has 0 unspecified atom stereocenters. The van der Waals surface area contributed by atoms with Crippen molar-refractivity contribution in [3.63, 3.8) is 0 Å². The first-order chi connectivity index (χ1) is 12.6. The van der Waals surface area contributed by atoms with Crippen molar-refractivity contribution < 1.29 is 19.7 Å². The third-order valence-corrected chi connectivity index (χ3v) is 4.20. The smallest absolute Gasteiger partial charge is 0.166 e. The Morgan fingerprint density at radius 1 is 0.769 bits per heavy atom. The molecule has 0 spiro atoms. The molecule has 0 aliphatic heterocycles. The zero-order chi connectivity index (χ0) is 19.1. The van der Waals surface area contributed by atoms with Gasteiger partial charge in [0.1, 0.15) is 0 Å². The van der Waals surface area contributed by atoms with Crippen LogP contribution in [-0.4, -0.2) is 50.0 Å². The fourth-order valence-electron chi connectivity index (χ4n) is 2.81. The van der Waals surface area contributed by atoms with Crippen molar-refractivity contribution in [2.24, 2.45) is 9.98 Å². The van der Waals surface area contributed by atoms with Crippen molar-refractivity contribution in [1.82, 2.24) is 0 Å². The zero-order valence-electron chi connectivity index (χ0n) is 15.5. The summed E-state index contributed by atoms with van der Waals surface area (Å²) in [5, 5.41) is 20.7. The predicted molar refractivity (Wildman–Crippen MR) is 103 cm³/mol. The molecule has 0 atom stereocenters. The molecule has 2 rings (SSSR count). The van der Waals surface area contributed by atoms with Crippen LogP contribution in [0, 0.1) is 0 Å². The molecule has 0 fully saturated rings. The second-order valence-electron chi connectivity index (χ2n) is 5.55. The number of hydrogen-bond donors (Lipinski definition) is 2. The van der Waals surface area contributed by atoms with Gasteiger partial charge in [-0.15, -0.1) is 0 Å². The van der Waals surface area contributed by atoms with Gasteiger partial charge in [-0.2, -0.15) is 0 Å². The van der Waals surface area contributed by atoms with Crippen LogP contribution in [-0.2, 0) is 0 Å². The summed E-state index contributed by atoms with van der Waals surface area (Å²) >= 11 is 0. The Balaban J connectivity index is 2.25. The predicted octanol–water partition coefficient (Wildman–Crippen LogP) is 3.43. The number of ether oxygens (including phenoxy) is 2. The third-order valence-electron chi connectivity index (χ3n) is 4.20. The Morgan fingerprint density at radius 2 is 1.15 bits per heavy atom. The van der Waals surface area contributed by atoms with Gasteiger partial charge in [-0.05, 0) is 37.1 Å². The zero-order valence-corrected chi connectivity index (χ0v) is 15.5. The number of benzene rings is 2. The molecule has 0 heterocycles. The maximum absolute atomic E-state index is 10.3. The van der Waals surface area contributed by atoms with Crippen molar-refractivity contribution >= 4 is 11.4 Å². The molecule has 2 N–H and O–H groups in total. The summed E-state index contributed by atoms with van der Waals surface area (Å²) in [5.41, 5.74) is 2.70. The van der Waals surface area contributed by atoms with E-state index in [9.17, 15) is 10.2 Å². The van der Waals surface area contributed by atoms with Gasteiger partial charge < -0.3 is 19.7 Å². The Kier molecular flexibility index (Phi) is 6.60. The van der Waals surface area contributed by atoms with Gasteiger partial charge in [0.15, 0.2) is 23.0 Å². The molecule has 138 valence electrons. The van der Waals surface area contributed by atoms with E-state index in [2.05, 4.69) is 9.98 Å². The maximum Gasteiger partial charge on any atom is 0.166 e. The molecule has 2 aromatic rings. The molecule has 6 nitrogen and oxygen atoms in total. The number of rotatable bonds is 7. The molecule has 0 amide bonds. The van der Waals surface area contributed by atoms with E-state index in [1.54, 1.807) is 38.4 Å². The SMILES string of the molecule is C/N=C(/CC/C(=N/C)c1cccc(OC)c1O)c1cccc(OC)c1O. The Bertz CT molecular complexity index is 759. The van der Waals surface area contributed by atoms with Gasteiger partial charge in [-0.25, -0.2) is 0 Å². The fraction of sp³-hybridized carbons (Fsp3) is 0.300. The monoisotopic (exact) mass is 356 g/mol. The van der Waals surface area contributed by atoms with Crippen molar-refractivity contribution in [1.29, 1.82) is 0 Å². The maximum atomic E-state index is 10.3. The lowest BCUT2D eigenvalue weighted by Crippen LogP contribution is -2.08. The first-order valence-electron chi connectivity index (χ1n) is 8.21. The van der Waals surface area contributed by atoms with E-state index in [0.29, 0.717) is 35.5 Å². The van der Waals surface area contributed by atoms with Gasteiger partial charge in [0.25, 0.3) is 0 Å². The molecule has 6 heteroatoms. The lowest BCUT2D eigenvalue weighted by molar-refractivity contribution is 0.373. The lowest BCUT2D eigenvalue weighted by Gasteiger charge is -2.13. The van der Waals surface area contributed by atoms with Crippen molar-refractivity contribution in [3.05, 3.63) is 47.5 Å². The highest BCUT2D eigenvalue weighted by Crippen LogP contribution is 2.33. The molecule has 0 bridgehead atoms. The molecule has 0 aliphatic carbocycles. The number of para-hydroxylation sites is 2. The second-order valence-corrected chi connectivity index (χ2v) is 5.55. The largest absolute Gasteiger partial charge is 0.504 e. The summed E-state index contributed by atoms with van der Waals surface area (Å²) in [4.78, 5) is 8.62. The van der Waals surface area contributed by atoms with Gasteiger partial charge in [-0.3, -0.25) is 9.98 Å². The number of hydrogen-bond acceptors (Lipinski definition) is 6. The van der Waals surface area contributed by atoms with Crippen LogP contribution in [0.5, 0.6) is 23.0 Å². The molecule has 0 aromatic heterocycles. The number of aromatic hydroxyl groups is 2. The van der Waals surface area contributed by atoms with E-state index < -0.39 is 0 Å². The molecule has 0 saturated carbocycles. The normalized spacial score (nSPS) is 12.2. The lowest BCUT2D eigenvalue weighted by atomic mass is 9.98. The quantitative estimate of drug-likeness (QED) is 0.745. The minimum absolute atomic E-state index is 0.0646. The van der Waals surface area contributed by atoms with Gasteiger partial charge in [0, 0.05) is 36.6 Å². The van der Waals surface area contributed by atoms with Crippen LogP contribution in [0.15, 0.2) is 46.4 Å². The molecule has 26 heavy (non-hydrogen) atoms. The van der Waals surface area contributed by atoms with E-state index in [0.717, 1.165) is 11.4 Å². The van der Waals surface area contributed by atoms with Gasteiger partial charge in [0.2, 0.25) is 0 Å². The summed E-state index contributed by atoms with van der Waals surface area (Å²) in [6.07, 6.45) is 1.08. The first kappa shape index (κ1) is 19.3. The number of nitrogens with zero attached hydrogens (tertiary/aromatic N) is 2. The van der Waals surface area contributed by atoms with E-state index in [1.807, 2.05) is 12.1 Å². The van der Waals surface area contributed by atoms with Crippen LogP contribution in [0.2, 0.25) is 0 Å². The van der Waals surface area contributed by atoms with Crippen LogP contribution < -0.4 is 9.47 Å². The standard InChI is InChI=1S/C20H24N2O4/c1-21-15(13-7-5-9-17(25-3)19(13)23)11-12-16(22-2)14-8-6-10-18(26-4)20(14)24/h5-10,23-24H,11-12H2,1-4H3/b21-15-,22-16-. The Hall–Kier alpha value is -3.02. The van der Waals surface area contributed by atoms with E-state index >= 15 is 0 Å². The van der Waals surface area contributed by atoms with Crippen molar-refractivity contribution in [3.8, 4) is 23.0 Å². The summed E-state index contributed by atoms with van der Waals surface area (Å²) in [7, 11) is 6.38. The van der Waals surface area contributed by atoms with E-state index in [4.69, 9.17) is 9.47 Å². The van der Waals surface area contributed by atoms with E-state index in [-0.39, 0.29) is 11.5 Å². The van der Waals surface area contributed by atoms with Gasteiger partial charge in [0.05, 0.1) is 14.2 Å². The number of methoxy groups -OCH3 is 2. The highest BCUT2D eigenvalue weighted by atomic mass is 16.5. The highest BCUT2D eigenvalue weighted by molar-refractivity contribution is 6.09. The van der Waals surface area contributed by atoms with Crippen LogP contribution in [0.1, 0.15) is 24.0 Å². The van der Waals surface area contributed by atoms with E-state index in [1.165, 1.54) is 14.2 Å². The third kappa shape index (κ3) is 3.96.